The molecular weight excluding hydrogens is 321 g/mol. The standard InChI is InChI=1S/C9H12N5O7P/c10-13-12-5-3-8(14-2-1-7(15)11-9(14)16)21-6(5)4-20-22(17,18)19/h1-2,5-6,8H,3-4H2,(H,11,15,16)(H2,17,18,19)/p-2/t5?,6-,8-/m1/s1. The lowest BCUT2D eigenvalue weighted by molar-refractivity contribution is -0.343. The number of H-pyrrole nitrogens is 1. The Morgan fingerprint density at radius 3 is 2.91 bits per heavy atom. The van der Waals surface area contributed by atoms with E-state index in [0.29, 0.717) is 0 Å². The first-order valence-electron chi connectivity index (χ1n) is 5.98. The van der Waals surface area contributed by atoms with E-state index in [1.54, 1.807) is 0 Å². The summed E-state index contributed by atoms with van der Waals surface area (Å²) in [4.78, 5) is 48.3. The number of ether oxygens (including phenoxy) is 1. The molecule has 2 heterocycles. The Balaban J connectivity index is 2.19. The van der Waals surface area contributed by atoms with Crippen LogP contribution in [0.2, 0.25) is 0 Å². The Labute approximate surface area is 122 Å². The van der Waals surface area contributed by atoms with E-state index in [9.17, 15) is 23.9 Å². The maximum absolute atomic E-state index is 11.7. The molecule has 0 amide bonds. The first-order valence-corrected chi connectivity index (χ1v) is 7.44. The molecular formula is C9H10N5O7P-2. The summed E-state index contributed by atoms with van der Waals surface area (Å²) in [5.74, 6) is 0. The molecule has 0 radical (unpaired) electrons. The summed E-state index contributed by atoms with van der Waals surface area (Å²) in [6.07, 6.45) is -0.678. The molecule has 0 aliphatic carbocycles. The number of aromatic nitrogens is 2. The Bertz CT molecular complexity index is 747. The zero-order valence-electron chi connectivity index (χ0n) is 10.9. The molecule has 12 nitrogen and oxygen atoms in total. The molecule has 1 unspecified atom stereocenters. The van der Waals surface area contributed by atoms with Gasteiger partial charge in [-0.25, -0.2) is 4.79 Å². The summed E-state index contributed by atoms with van der Waals surface area (Å²) < 4.78 is 21.0. The summed E-state index contributed by atoms with van der Waals surface area (Å²) in [5, 5.41) is 3.42. The van der Waals surface area contributed by atoms with Gasteiger partial charge >= 0.3 is 5.69 Å². The van der Waals surface area contributed by atoms with Crippen LogP contribution in [0.25, 0.3) is 10.4 Å². The number of nitrogens with zero attached hydrogens (tertiary/aromatic N) is 4. The number of aromatic amines is 1. The molecule has 1 aliphatic rings. The largest absolute Gasteiger partial charge is 0.790 e. The molecule has 0 saturated carbocycles. The predicted octanol–water partition coefficient (Wildman–Crippen LogP) is -1.65. The van der Waals surface area contributed by atoms with Crippen molar-refractivity contribution in [2.75, 3.05) is 6.61 Å². The lowest BCUT2D eigenvalue weighted by Gasteiger charge is -2.30. The van der Waals surface area contributed by atoms with Crippen LogP contribution in [-0.2, 0) is 13.8 Å². The topological polar surface area (TPSA) is 185 Å². The third kappa shape index (κ3) is 4.04. The molecule has 1 aromatic heterocycles. The van der Waals surface area contributed by atoms with E-state index in [-0.39, 0.29) is 6.42 Å². The van der Waals surface area contributed by atoms with Crippen molar-refractivity contribution < 1.29 is 23.6 Å². The van der Waals surface area contributed by atoms with Gasteiger partial charge in [0.2, 0.25) is 0 Å². The van der Waals surface area contributed by atoms with E-state index in [1.807, 2.05) is 4.98 Å². The fourth-order valence-electron chi connectivity index (χ4n) is 2.04. The Morgan fingerprint density at radius 2 is 2.32 bits per heavy atom. The fourth-order valence-corrected chi connectivity index (χ4v) is 2.37. The van der Waals surface area contributed by atoms with Crippen molar-refractivity contribution in [2.45, 2.75) is 24.8 Å². The van der Waals surface area contributed by atoms with Crippen molar-refractivity contribution in [3.8, 4) is 0 Å². The minimum Gasteiger partial charge on any atom is -0.790 e. The van der Waals surface area contributed by atoms with Crippen molar-refractivity contribution in [1.82, 2.24) is 9.55 Å². The van der Waals surface area contributed by atoms with Gasteiger partial charge in [-0.15, -0.1) is 0 Å². The van der Waals surface area contributed by atoms with Gasteiger partial charge in [-0.2, -0.15) is 0 Å². The molecule has 0 bridgehead atoms. The number of azide groups is 1. The van der Waals surface area contributed by atoms with Gasteiger partial charge in [-0.1, -0.05) is 5.11 Å². The summed E-state index contributed by atoms with van der Waals surface area (Å²) in [6, 6.07) is 0.265. The molecule has 22 heavy (non-hydrogen) atoms. The number of phosphoric ester groups is 1. The average Bonchev–Trinajstić information content (AvgIpc) is 2.79. The van der Waals surface area contributed by atoms with Gasteiger partial charge < -0.3 is 23.6 Å². The third-order valence-electron chi connectivity index (χ3n) is 2.96. The van der Waals surface area contributed by atoms with E-state index < -0.39 is 44.1 Å². The maximum Gasteiger partial charge on any atom is 0.330 e. The molecule has 1 aliphatic heterocycles. The number of hydrogen-bond acceptors (Lipinski definition) is 8. The summed E-state index contributed by atoms with van der Waals surface area (Å²) in [5.41, 5.74) is 7.16. The normalized spacial score (nSPS) is 24.9. The Hall–Kier alpha value is -1.94. The van der Waals surface area contributed by atoms with Crippen LogP contribution in [0.3, 0.4) is 0 Å². The van der Waals surface area contributed by atoms with Crippen molar-refractivity contribution >= 4 is 7.82 Å². The maximum atomic E-state index is 11.7. The number of hydrogen-bond donors (Lipinski definition) is 1. The van der Waals surface area contributed by atoms with Crippen LogP contribution in [0.4, 0.5) is 0 Å². The van der Waals surface area contributed by atoms with Gasteiger partial charge in [0.1, 0.15) is 6.23 Å². The van der Waals surface area contributed by atoms with Gasteiger partial charge in [0, 0.05) is 23.6 Å². The Kier molecular flexibility index (Phi) is 4.81. The second-order valence-corrected chi connectivity index (χ2v) is 5.55. The molecule has 3 atom stereocenters. The second kappa shape index (κ2) is 6.44. The third-order valence-corrected chi connectivity index (χ3v) is 3.43. The van der Waals surface area contributed by atoms with Gasteiger partial charge in [0.15, 0.2) is 0 Å². The number of phosphoric acid groups is 1. The van der Waals surface area contributed by atoms with Gasteiger partial charge in [0.05, 0.1) is 26.6 Å². The van der Waals surface area contributed by atoms with Crippen LogP contribution in [0.5, 0.6) is 0 Å². The van der Waals surface area contributed by atoms with Crippen LogP contribution in [-0.4, -0.2) is 28.3 Å². The number of nitrogens with one attached hydrogen (secondary N) is 1. The van der Waals surface area contributed by atoms with Crippen LogP contribution in [0.15, 0.2) is 27.0 Å². The summed E-state index contributed by atoms with van der Waals surface area (Å²) in [6.45, 7) is -0.636. The van der Waals surface area contributed by atoms with E-state index in [0.717, 1.165) is 10.6 Å². The van der Waals surface area contributed by atoms with E-state index in [4.69, 9.17) is 10.3 Å². The second-order valence-electron chi connectivity index (χ2n) is 4.40. The van der Waals surface area contributed by atoms with Crippen molar-refractivity contribution in [3.05, 3.63) is 43.5 Å². The summed E-state index contributed by atoms with van der Waals surface area (Å²) >= 11 is 0. The van der Waals surface area contributed by atoms with Crippen LogP contribution < -0.4 is 21.0 Å². The molecule has 1 fully saturated rings. The molecule has 1 N–H and O–H groups in total. The highest BCUT2D eigenvalue weighted by molar-refractivity contribution is 7.43. The van der Waals surface area contributed by atoms with E-state index in [1.165, 1.54) is 6.20 Å². The fraction of sp³-hybridized carbons (Fsp3) is 0.556. The molecule has 2 rings (SSSR count). The van der Waals surface area contributed by atoms with Crippen LogP contribution in [0, 0.1) is 0 Å². The van der Waals surface area contributed by atoms with Crippen molar-refractivity contribution in [1.29, 1.82) is 0 Å². The molecule has 0 spiro atoms. The molecule has 13 heteroatoms. The van der Waals surface area contributed by atoms with E-state index in [2.05, 4.69) is 14.5 Å². The minimum atomic E-state index is -5.20. The minimum absolute atomic E-state index is 0.0477. The zero-order valence-corrected chi connectivity index (χ0v) is 11.8. The first kappa shape index (κ1) is 16.4. The smallest absolute Gasteiger partial charge is 0.330 e. The van der Waals surface area contributed by atoms with Crippen LogP contribution >= 0.6 is 7.82 Å². The lowest BCUT2D eigenvalue weighted by Crippen LogP contribution is -2.32. The first-order chi connectivity index (χ1) is 10.3. The zero-order chi connectivity index (χ0) is 16.3. The molecule has 0 aromatic carbocycles. The Morgan fingerprint density at radius 1 is 1.59 bits per heavy atom. The highest BCUT2D eigenvalue weighted by atomic mass is 31.2. The average molecular weight is 331 g/mol. The molecule has 120 valence electrons. The van der Waals surface area contributed by atoms with Gasteiger partial charge in [0.25, 0.3) is 5.56 Å². The van der Waals surface area contributed by atoms with Crippen molar-refractivity contribution in [3.63, 3.8) is 0 Å². The number of rotatable bonds is 5. The van der Waals surface area contributed by atoms with Crippen LogP contribution in [0.1, 0.15) is 12.6 Å². The van der Waals surface area contributed by atoms with Crippen molar-refractivity contribution in [2.24, 2.45) is 5.11 Å². The van der Waals surface area contributed by atoms with Gasteiger partial charge in [-0.05, 0) is 5.53 Å². The lowest BCUT2D eigenvalue weighted by atomic mass is 10.1. The molecule has 1 saturated heterocycles. The quantitative estimate of drug-likeness (QED) is 0.289. The monoisotopic (exact) mass is 331 g/mol. The van der Waals surface area contributed by atoms with Gasteiger partial charge in [-0.3, -0.25) is 14.3 Å². The SMILES string of the molecule is [N-]=[N+]=NC1C[C@H](n2ccc(=O)[nH]c2=O)O[C@@H]1COP(=O)([O-])[O-]. The predicted molar refractivity (Wildman–Crippen MR) is 66.3 cm³/mol. The highest BCUT2D eigenvalue weighted by Gasteiger charge is 2.36. The van der Waals surface area contributed by atoms with E-state index >= 15 is 0 Å². The summed E-state index contributed by atoms with van der Waals surface area (Å²) in [7, 11) is -5.20. The highest BCUT2D eigenvalue weighted by Crippen LogP contribution is 2.33. The molecule has 1 aromatic rings.